The normalized spacial score (nSPS) is 12.3. The highest BCUT2D eigenvalue weighted by Crippen LogP contribution is 2.04. The van der Waals surface area contributed by atoms with E-state index in [4.69, 9.17) is 10.2 Å². The van der Waals surface area contributed by atoms with Gasteiger partial charge in [0.15, 0.2) is 0 Å². The van der Waals surface area contributed by atoms with E-state index >= 15 is 0 Å². The maximum Gasteiger partial charge on any atom is 0.326 e. The molecule has 0 fully saturated rings. The number of aryl methyl sites for hydroxylation is 1. The van der Waals surface area contributed by atoms with Crippen LogP contribution < -0.4 is 16.0 Å². The number of benzene rings is 1. The number of rotatable bonds is 13. The molecule has 0 aliphatic carbocycles. The van der Waals surface area contributed by atoms with Gasteiger partial charge in [0.25, 0.3) is 0 Å². The molecule has 1 aromatic carbocycles. The zero-order valence-electron chi connectivity index (χ0n) is 17.1. The van der Waals surface area contributed by atoms with E-state index < -0.39 is 42.4 Å². The summed E-state index contributed by atoms with van der Waals surface area (Å²) in [6.45, 7) is 2.34. The first-order valence-corrected chi connectivity index (χ1v) is 9.65. The van der Waals surface area contributed by atoms with Gasteiger partial charge in [0.2, 0.25) is 5.91 Å². The quantitative estimate of drug-likeness (QED) is 0.258. The fourth-order valence-electron chi connectivity index (χ4n) is 2.61. The third kappa shape index (κ3) is 10.6. The van der Waals surface area contributed by atoms with Crippen molar-refractivity contribution in [2.75, 3.05) is 6.54 Å². The SMILES string of the molecule is Cc1ccc(CCNC(=O)CC[C@H](NC(=O)N[C@@H](CCC(=O)O)C(=O)O)C(=O)O)cc1. The fourth-order valence-corrected chi connectivity index (χ4v) is 2.61. The summed E-state index contributed by atoms with van der Waals surface area (Å²) in [4.78, 5) is 56.9. The molecule has 6 N–H and O–H groups in total. The molecule has 11 heteroatoms. The first kappa shape index (κ1) is 25.4. The molecule has 0 bridgehead atoms. The molecule has 2 atom stereocenters. The van der Waals surface area contributed by atoms with Crippen molar-refractivity contribution in [2.24, 2.45) is 0 Å². The van der Waals surface area contributed by atoms with Gasteiger partial charge < -0.3 is 31.3 Å². The molecule has 0 aliphatic rings. The van der Waals surface area contributed by atoms with Gasteiger partial charge in [-0.15, -0.1) is 0 Å². The molecule has 0 aromatic heterocycles. The number of carboxylic acids is 3. The minimum absolute atomic E-state index is 0.160. The molecule has 11 nitrogen and oxygen atoms in total. The van der Waals surface area contributed by atoms with E-state index in [1.54, 1.807) is 0 Å². The Morgan fingerprint density at radius 1 is 0.839 bits per heavy atom. The molecule has 170 valence electrons. The van der Waals surface area contributed by atoms with E-state index in [0.717, 1.165) is 11.1 Å². The highest BCUT2D eigenvalue weighted by Gasteiger charge is 2.25. The van der Waals surface area contributed by atoms with Crippen molar-refractivity contribution in [2.45, 2.75) is 51.1 Å². The van der Waals surface area contributed by atoms with E-state index in [1.165, 1.54) is 0 Å². The highest BCUT2D eigenvalue weighted by molar-refractivity contribution is 5.86. The van der Waals surface area contributed by atoms with Crippen LogP contribution in [0.1, 0.15) is 36.8 Å². The smallest absolute Gasteiger partial charge is 0.326 e. The predicted molar refractivity (Wildman–Crippen MR) is 109 cm³/mol. The molecule has 0 saturated heterocycles. The number of nitrogens with one attached hydrogen (secondary N) is 3. The van der Waals surface area contributed by atoms with Gasteiger partial charge in [-0.05, 0) is 31.7 Å². The van der Waals surface area contributed by atoms with Gasteiger partial charge in [-0.1, -0.05) is 29.8 Å². The number of amides is 3. The van der Waals surface area contributed by atoms with Crippen LogP contribution in [-0.2, 0) is 25.6 Å². The predicted octanol–water partition coefficient (Wildman–Crippen LogP) is 0.504. The topological polar surface area (TPSA) is 182 Å². The summed E-state index contributed by atoms with van der Waals surface area (Å²) in [7, 11) is 0. The lowest BCUT2D eigenvalue weighted by Gasteiger charge is -2.18. The van der Waals surface area contributed by atoms with E-state index in [-0.39, 0.29) is 25.2 Å². The number of carboxylic acid groups (broad SMARTS) is 3. The minimum Gasteiger partial charge on any atom is -0.481 e. The summed E-state index contributed by atoms with van der Waals surface area (Å²) >= 11 is 0. The Balaban J connectivity index is 2.44. The molecule has 1 aromatic rings. The van der Waals surface area contributed by atoms with E-state index in [9.17, 15) is 29.1 Å². The number of urea groups is 1. The fraction of sp³-hybridized carbons (Fsp3) is 0.450. The van der Waals surface area contributed by atoms with Crippen LogP contribution >= 0.6 is 0 Å². The monoisotopic (exact) mass is 437 g/mol. The van der Waals surface area contributed by atoms with Crippen LogP contribution in [0, 0.1) is 6.92 Å². The Bertz CT molecular complexity index is 794. The Hall–Kier alpha value is -3.63. The third-order valence-corrected chi connectivity index (χ3v) is 4.37. The Morgan fingerprint density at radius 2 is 1.35 bits per heavy atom. The first-order valence-electron chi connectivity index (χ1n) is 9.65. The summed E-state index contributed by atoms with van der Waals surface area (Å²) in [5, 5.41) is 33.7. The minimum atomic E-state index is -1.49. The molecule has 0 spiro atoms. The van der Waals surface area contributed by atoms with Crippen molar-refractivity contribution in [3.8, 4) is 0 Å². The lowest BCUT2D eigenvalue weighted by atomic mass is 10.1. The van der Waals surface area contributed by atoms with Crippen molar-refractivity contribution in [1.82, 2.24) is 16.0 Å². The molecule has 3 amide bonds. The Labute approximate surface area is 178 Å². The first-order chi connectivity index (χ1) is 14.6. The third-order valence-electron chi connectivity index (χ3n) is 4.37. The largest absolute Gasteiger partial charge is 0.481 e. The highest BCUT2D eigenvalue weighted by atomic mass is 16.4. The van der Waals surface area contributed by atoms with Crippen molar-refractivity contribution in [3.63, 3.8) is 0 Å². The summed E-state index contributed by atoms with van der Waals surface area (Å²) in [5.74, 6) is -4.45. The van der Waals surface area contributed by atoms with E-state index in [2.05, 4.69) is 10.6 Å². The zero-order valence-corrected chi connectivity index (χ0v) is 17.1. The number of carbonyl (C=O) groups is 5. The van der Waals surface area contributed by atoms with Crippen LogP contribution in [0.2, 0.25) is 0 Å². The standard InChI is InChI=1S/C20H27N3O8/c1-12-2-4-13(5-3-12)10-11-21-16(24)8-6-14(18(27)28)22-20(31)23-15(19(29)30)7-9-17(25)26/h2-5,14-15H,6-11H2,1H3,(H,21,24)(H,25,26)(H,27,28)(H,29,30)(H2,22,23,31)/t14-,15-/m0/s1. The lowest BCUT2D eigenvalue weighted by molar-refractivity contribution is -0.141. The van der Waals surface area contributed by atoms with E-state index in [1.807, 2.05) is 36.5 Å². The zero-order chi connectivity index (χ0) is 23.4. The Morgan fingerprint density at radius 3 is 1.84 bits per heavy atom. The number of carbonyl (C=O) groups excluding carboxylic acids is 2. The molecule has 31 heavy (non-hydrogen) atoms. The molecular formula is C20H27N3O8. The van der Waals surface area contributed by atoms with Crippen molar-refractivity contribution in [1.29, 1.82) is 0 Å². The lowest BCUT2D eigenvalue weighted by Crippen LogP contribution is -2.51. The van der Waals surface area contributed by atoms with Gasteiger partial charge in [-0.25, -0.2) is 14.4 Å². The number of hydrogen-bond acceptors (Lipinski definition) is 5. The summed E-state index contributed by atoms with van der Waals surface area (Å²) in [5.41, 5.74) is 2.17. The molecule has 0 radical (unpaired) electrons. The van der Waals surface area contributed by atoms with Crippen LogP contribution in [0.3, 0.4) is 0 Å². The summed E-state index contributed by atoms with van der Waals surface area (Å²) in [6, 6.07) is 3.83. The van der Waals surface area contributed by atoms with Gasteiger partial charge in [0, 0.05) is 19.4 Å². The number of hydrogen-bond donors (Lipinski definition) is 6. The van der Waals surface area contributed by atoms with Crippen LogP contribution in [0.15, 0.2) is 24.3 Å². The molecule has 0 saturated carbocycles. The Kier molecular flexibility index (Phi) is 10.5. The maximum absolute atomic E-state index is 12.0. The van der Waals surface area contributed by atoms with Crippen molar-refractivity contribution >= 4 is 29.8 Å². The van der Waals surface area contributed by atoms with Gasteiger partial charge in [-0.3, -0.25) is 9.59 Å². The molecule has 0 aliphatic heterocycles. The van der Waals surface area contributed by atoms with Crippen LogP contribution in [0.25, 0.3) is 0 Å². The summed E-state index contributed by atoms with van der Waals surface area (Å²) in [6.07, 6.45) is -0.595. The second-order valence-electron chi connectivity index (χ2n) is 6.96. The van der Waals surface area contributed by atoms with E-state index in [0.29, 0.717) is 13.0 Å². The van der Waals surface area contributed by atoms with Gasteiger partial charge in [-0.2, -0.15) is 0 Å². The maximum atomic E-state index is 12.0. The second-order valence-corrected chi connectivity index (χ2v) is 6.96. The average molecular weight is 437 g/mol. The molecule has 0 heterocycles. The van der Waals surface area contributed by atoms with Crippen LogP contribution in [-0.4, -0.2) is 63.8 Å². The molecule has 0 unspecified atom stereocenters. The van der Waals surface area contributed by atoms with Crippen molar-refractivity contribution < 1.29 is 39.3 Å². The van der Waals surface area contributed by atoms with Gasteiger partial charge in [0.05, 0.1) is 0 Å². The second kappa shape index (κ2) is 12.8. The van der Waals surface area contributed by atoms with Crippen LogP contribution in [0.4, 0.5) is 4.79 Å². The van der Waals surface area contributed by atoms with Gasteiger partial charge in [0.1, 0.15) is 12.1 Å². The molecule has 1 rings (SSSR count). The van der Waals surface area contributed by atoms with Gasteiger partial charge >= 0.3 is 23.9 Å². The number of aliphatic carboxylic acids is 3. The summed E-state index contributed by atoms with van der Waals surface area (Å²) < 4.78 is 0. The van der Waals surface area contributed by atoms with Crippen molar-refractivity contribution in [3.05, 3.63) is 35.4 Å². The average Bonchev–Trinajstić information content (AvgIpc) is 2.69. The van der Waals surface area contributed by atoms with Crippen LogP contribution in [0.5, 0.6) is 0 Å². The molecular weight excluding hydrogens is 410 g/mol.